The standard InChI is InChI=1S/C16H16O3S/c1-3-20-14-10-6-9-13(15(14)16(17)18)19-12-8-5-4-7-11(12)2/h4-10H,3H2,1-2H3,(H,17,18). The fourth-order valence-electron chi connectivity index (χ4n) is 1.87. The molecule has 0 bridgehead atoms. The number of hydrogen-bond acceptors (Lipinski definition) is 3. The van der Waals surface area contributed by atoms with E-state index in [1.165, 1.54) is 11.8 Å². The van der Waals surface area contributed by atoms with Crippen LogP contribution in [-0.4, -0.2) is 16.8 Å². The molecule has 20 heavy (non-hydrogen) atoms. The van der Waals surface area contributed by atoms with Crippen molar-refractivity contribution in [3.63, 3.8) is 0 Å². The Morgan fingerprint density at radius 2 is 1.85 bits per heavy atom. The number of aryl methyl sites for hydroxylation is 1. The van der Waals surface area contributed by atoms with Crippen molar-refractivity contribution < 1.29 is 14.6 Å². The summed E-state index contributed by atoms with van der Waals surface area (Å²) in [5.74, 6) is 0.901. The predicted octanol–water partition coefficient (Wildman–Crippen LogP) is 4.60. The van der Waals surface area contributed by atoms with Crippen LogP contribution in [0.15, 0.2) is 47.4 Å². The molecule has 0 saturated heterocycles. The molecule has 0 amide bonds. The van der Waals surface area contributed by atoms with Crippen molar-refractivity contribution >= 4 is 17.7 Å². The zero-order valence-electron chi connectivity index (χ0n) is 11.4. The lowest BCUT2D eigenvalue weighted by Crippen LogP contribution is -2.03. The number of benzene rings is 2. The first-order valence-electron chi connectivity index (χ1n) is 6.36. The Bertz CT molecular complexity index is 623. The van der Waals surface area contributed by atoms with Crippen LogP contribution in [-0.2, 0) is 0 Å². The highest BCUT2D eigenvalue weighted by Crippen LogP contribution is 2.33. The summed E-state index contributed by atoms with van der Waals surface area (Å²) < 4.78 is 5.79. The van der Waals surface area contributed by atoms with Crippen LogP contribution in [0.5, 0.6) is 11.5 Å². The van der Waals surface area contributed by atoms with E-state index in [0.717, 1.165) is 16.2 Å². The summed E-state index contributed by atoms with van der Waals surface area (Å²) in [5, 5.41) is 9.43. The number of carboxylic acids is 1. The lowest BCUT2D eigenvalue weighted by molar-refractivity contribution is 0.0690. The molecule has 2 aromatic rings. The molecule has 0 aliphatic carbocycles. The van der Waals surface area contributed by atoms with Gasteiger partial charge in [0.15, 0.2) is 0 Å². The number of rotatable bonds is 5. The molecule has 2 aromatic carbocycles. The van der Waals surface area contributed by atoms with Crippen LogP contribution in [0.25, 0.3) is 0 Å². The smallest absolute Gasteiger partial charge is 0.340 e. The van der Waals surface area contributed by atoms with Crippen molar-refractivity contribution in [2.45, 2.75) is 18.7 Å². The maximum Gasteiger partial charge on any atom is 0.340 e. The molecule has 104 valence electrons. The monoisotopic (exact) mass is 288 g/mol. The maximum atomic E-state index is 11.5. The van der Waals surface area contributed by atoms with Crippen molar-refractivity contribution in [2.75, 3.05) is 5.75 Å². The van der Waals surface area contributed by atoms with Gasteiger partial charge in [0.2, 0.25) is 0 Å². The number of para-hydroxylation sites is 1. The van der Waals surface area contributed by atoms with Gasteiger partial charge in [0, 0.05) is 4.90 Å². The summed E-state index contributed by atoms with van der Waals surface area (Å²) in [5.41, 5.74) is 1.19. The van der Waals surface area contributed by atoms with E-state index in [1.807, 2.05) is 50.2 Å². The Kier molecular flexibility index (Phi) is 4.69. The highest BCUT2D eigenvalue weighted by atomic mass is 32.2. The Hall–Kier alpha value is -1.94. The second-order valence-electron chi connectivity index (χ2n) is 4.24. The molecule has 0 aliphatic rings. The number of aromatic carboxylic acids is 1. The van der Waals surface area contributed by atoms with Crippen LogP contribution >= 0.6 is 11.8 Å². The normalized spacial score (nSPS) is 10.3. The molecule has 0 fully saturated rings. The third kappa shape index (κ3) is 3.14. The van der Waals surface area contributed by atoms with Crippen LogP contribution in [0, 0.1) is 6.92 Å². The lowest BCUT2D eigenvalue weighted by atomic mass is 10.2. The average Bonchev–Trinajstić information content (AvgIpc) is 2.41. The van der Waals surface area contributed by atoms with Gasteiger partial charge in [-0.15, -0.1) is 11.8 Å². The Morgan fingerprint density at radius 1 is 1.15 bits per heavy atom. The molecule has 2 rings (SSSR count). The molecule has 0 saturated carbocycles. The lowest BCUT2D eigenvalue weighted by Gasteiger charge is -2.13. The van der Waals surface area contributed by atoms with Gasteiger partial charge in [-0.2, -0.15) is 0 Å². The minimum atomic E-state index is -0.967. The summed E-state index contributed by atoms with van der Waals surface area (Å²) >= 11 is 1.50. The van der Waals surface area contributed by atoms with Gasteiger partial charge in [-0.05, 0) is 36.4 Å². The Morgan fingerprint density at radius 3 is 2.50 bits per heavy atom. The van der Waals surface area contributed by atoms with E-state index in [9.17, 15) is 9.90 Å². The molecule has 4 heteroatoms. The fraction of sp³-hybridized carbons (Fsp3) is 0.188. The van der Waals surface area contributed by atoms with Crippen LogP contribution in [0.1, 0.15) is 22.8 Å². The molecule has 0 heterocycles. The predicted molar refractivity (Wildman–Crippen MR) is 81.1 cm³/mol. The van der Waals surface area contributed by atoms with Gasteiger partial charge in [0.1, 0.15) is 17.1 Å². The van der Waals surface area contributed by atoms with Crippen molar-refractivity contribution in [3.8, 4) is 11.5 Å². The number of hydrogen-bond donors (Lipinski definition) is 1. The van der Waals surface area contributed by atoms with Crippen molar-refractivity contribution in [1.29, 1.82) is 0 Å². The molecule has 0 radical (unpaired) electrons. The van der Waals surface area contributed by atoms with E-state index in [2.05, 4.69) is 0 Å². The topological polar surface area (TPSA) is 46.5 Å². The summed E-state index contributed by atoms with van der Waals surface area (Å²) in [6.07, 6.45) is 0. The number of carboxylic acid groups (broad SMARTS) is 1. The summed E-state index contributed by atoms with van der Waals surface area (Å²) in [7, 11) is 0. The first kappa shape index (κ1) is 14.5. The second kappa shape index (κ2) is 6.48. The number of ether oxygens (including phenoxy) is 1. The van der Waals surface area contributed by atoms with Gasteiger partial charge < -0.3 is 9.84 Å². The SMILES string of the molecule is CCSc1cccc(Oc2ccccc2C)c1C(=O)O. The van der Waals surface area contributed by atoms with Crippen molar-refractivity contribution in [2.24, 2.45) is 0 Å². The highest BCUT2D eigenvalue weighted by molar-refractivity contribution is 7.99. The van der Waals surface area contributed by atoms with E-state index in [-0.39, 0.29) is 5.56 Å². The van der Waals surface area contributed by atoms with Crippen molar-refractivity contribution in [1.82, 2.24) is 0 Å². The summed E-state index contributed by atoms with van der Waals surface area (Å²) in [6, 6.07) is 12.9. The molecule has 0 atom stereocenters. The molecule has 0 aromatic heterocycles. The van der Waals surface area contributed by atoms with Gasteiger partial charge in [-0.25, -0.2) is 4.79 Å². The molecular weight excluding hydrogens is 272 g/mol. The zero-order valence-corrected chi connectivity index (χ0v) is 12.2. The third-order valence-corrected chi connectivity index (χ3v) is 3.76. The van der Waals surface area contributed by atoms with Crippen LogP contribution in [0.4, 0.5) is 0 Å². The average molecular weight is 288 g/mol. The van der Waals surface area contributed by atoms with Crippen LogP contribution < -0.4 is 4.74 Å². The number of carbonyl (C=O) groups is 1. The number of thioether (sulfide) groups is 1. The molecule has 0 unspecified atom stereocenters. The minimum absolute atomic E-state index is 0.225. The van der Waals surface area contributed by atoms with Crippen molar-refractivity contribution in [3.05, 3.63) is 53.6 Å². The third-order valence-electron chi connectivity index (χ3n) is 2.82. The largest absolute Gasteiger partial charge is 0.478 e. The van der Waals surface area contributed by atoms with E-state index in [4.69, 9.17) is 4.74 Å². The second-order valence-corrected chi connectivity index (χ2v) is 5.54. The Balaban J connectivity index is 2.44. The van der Waals surface area contributed by atoms with Gasteiger partial charge in [-0.1, -0.05) is 31.2 Å². The van der Waals surface area contributed by atoms with Gasteiger partial charge >= 0.3 is 5.97 Å². The molecule has 1 N–H and O–H groups in total. The van der Waals surface area contributed by atoms with Gasteiger partial charge in [0.25, 0.3) is 0 Å². The van der Waals surface area contributed by atoms with Gasteiger partial charge in [0.05, 0.1) is 0 Å². The Labute approximate surface area is 122 Å². The van der Waals surface area contributed by atoms with Crippen LogP contribution in [0.3, 0.4) is 0 Å². The summed E-state index contributed by atoms with van der Waals surface area (Å²) in [6.45, 7) is 3.92. The van der Waals surface area contributed by atoms with E-state index in [0.29, 0.717) is 11.5 Å². The molecule has 0 aliphatic heterocycles. The molecule has 3 nitrogen and oxygen atoms in total. The fourth-order valence-corrected chi connectivity index (χ4v) is 2.69. The van der Waals surface area contributed by atoms with Gasteiger partial charge in [-0.3, -0.25) is 0 Å². The van der Waals surface area contributed by atoms with Crippen LogP contribution in [0.2, 0.25) is 0 Å². The summed E-state index contributed by atoms with van der Waals surface area (Å²) in [4.78, 5) is 12.2. The first-order valence-corrected chi connectivity index (χ1v) is 7.34. The highest BCUT2D eigenvalue weighted by Gasteiger charge is 2.17. The van der Waals surface area contributed by atoms with E-state index >= 15 is 0 Å². The quantitative estimate of drug-likeness (QED) is 0.817. The van der Waals surface area contributed by atoms with E-state index < -0.39 is 5.97 Å². The first-order chi connectivity index (χ1) is 9.63. The minimum Gasteiger partial charge on any atom is -0.478 e. The molecular formula is C16H16O3S. The zero-order chi connectivity index (χ0) is 14.5. The van der Waals surface area contributed by atoms with E-state index in [1.54, 1.807) is 6.07 Å². The maximum absolute atomic E-state index is 11.5. The molecule has 0 spiro atoms.